The minimum atomic E-state index is -1.72. The summed E-state index contributed by atoms with van der Waals surface area (Å²) in [4.78, 5) is 11.7. The van der Waals surface area contributed by atoms with Gasteiger partial charge in [-0.05, 0) is 25.1 Å². The molecule has 0 fully saturated rings. The van der Waals surface area contributed by atoms with Crippen molar-refractivity contribution in [2.45, 2.75) is 52.2 Å². The largest absolute Gasteiger partial charge is 0.480 e. The summed E-state index contributed by atoms with van der Waals surface area (Å²) >= 11 is 0. The number of hydrogen-bond donors (Lipinski definition) is 0. The highest BCUT2D eigenvalue weighted by Crippen LogP contribution is 2.36. The highest BCUT2D eigenvalue weighted by atomic mass is 28.4. The zero-order chi connectivity index (χ0) is 20.3. The molecule has 0 N–H and O–H groups in total. The van der Waals surface area contributed by atoms with Gasteiger partial charge in [0.1, 0.15) is 12.4 Å². The van der Waals surface area contributed by atoms with E-state index in [9.17, 15) is 4.79 Å². The summed E-state index contributed by atoms with van der Waals surface area (Å²) in [5, 5.41) is 0.200. The average Bonchev–Trinajstić information content (AvgIpc) is 2.59. The van der Waals surface area contributed by atoms with Crippen molar-refractivity contribution >= 4 is 20.0 Å². The number of ether oxygens (including phenoxy) is 2. The van der Waals surface area contributed by atoms with E-state index in [0.29, 0.717) is 25.4 Å². The highest BCUT2D eigenvalue weighted by molar-refractivity contribution is 6.74. The second kappa shape index (κ2) is 11.0. The van der Waals surface area contributed by atoms with Crippen LogP contribution in [0, 0.1) is 11.8 Å². The third-order valence-electron chi connectivity index (χ3n) is 4.51. The second-order valence-electron chi connectivity index (χ2n) is 7.63. The Hall–Kier alpha value is -2.03. The SMILES string of the molecule is CCOC(=O)/C=C(/OCC#CCCO[Si](C)(C)C(C)(C)C)c1ccccc1. The molecular weight excluding hydrogens is 356 g/mol. The summed E-state index contributed by atoms with van der Waals surface area (Å²) < 4.78 is 16.8. The topological polar surface area (TPSA) is 44.8 Å². The van der Waals surface area contributed by atoms with Gasteiger partial charge in [-0.25, -0.2) is 4.79 Å². The minimum Gasteiger partial charge on any atom is -0.480 e. The smallest absolute Gasteiger partial charge is 0.334 e. The molecule has 0 atom stereocenters. The van der Waals surface area contributed by atoms with Crippen LogP contribution in [0.4, 0.5) is 0 Å². The highest BCUT2D eigenvalue weighted by Gasteiger charge is 2.36. The van der Waals surface area contributed by atoms with Crippen molar-refractivity contribution in [2.24, 2.45) is 0 Å². The first-order valence-corrected chi connectivity index (χ1v) is 12.2. The summed E-state index contributed by atoms with van der Waals surface area (Å²) in [6.45, 7) is 14.1. The van der Waals surface area contributed by atoms with Gasteiger partial charge < -0.3 is 13.9 Å². The second-order valence-corrected chi connectivity index (χ2v) is 12.4. The standard InChI is InChI=1S/C22H32O4Si/c1-7-24-21(23)18-20(19-14-10-8-11-15-19)25-16-12-9-13-17-26-27(5,6)22(2,3)4/h8,10-11,14-15,18H,7,13,16-17H2,1-6H3/b20-18+. The number of rotatable bonds is 8. The monoisotopic (exact) mass is 388 g/mol. The lowest BCUT2D eigenvalue weighted by Crippen LogP contribution is -2.40. The average molecular weight is 389 g/mol. The number of carbonyl (C=O) groups is 1. The molecule has 0 aliphatic heterocycles. The normalized spacial score (nSPS) is 12.1. The van der Waals surface area contributed by atoms with Crippen molar-refractivity contribution in [1.29, 1.82) is 0 Å². The van der Waals surface area contributed by atoms with Crippen LogP contribution in [0.1, 0.15) is 39.7 Å². The summed E-state index contributed by atoms with van der Waals surface area (Å²) in [6, 6.07) is 9.45. The number of hydrogen-bond acceptors (Lipinski definition) is 4. The molecule has 5 heteroatoms. The molecule has 0 saturated carbocycles. The van der Waals surface area contributed by atoms with Crippen molar-refractivity contribution in [3.05, 3.63) is 42.0 Å². The Balaban J connectivity index is 2.56. The van der Waals surface area contributed by atoms with Crippen molar-refractivity contribution in [2.75, 3.05) is 19.8 Å². The van der Waals surface area contributed by atoms with E-state index in [0.717, 1.165) is 5.56 Å². The molecule has 0 amide bonds. The Kier molecular flexibility index (Phi) is 9.34. The Labute approximate surface area is 165 Å². The van der Waals surface area contributed by atoms with Crippen LogP contribution in [0.25, 0.3) is 5.76 Å². The molecule has 1 rings (SSSR count). The Morgan fingerprint density at radius 3 is 2.37 bits per heavy atom. The van der Waals surface area contributed by atoms with E-state index in [2.05, 4.69) is 45.7 Å². The summed E-state index contributed by atoms with van der Waals surface area (Å²) in [5.74, 6) is 6.09. The molecule has 0 aliphatic carbocycles. The predicted molar refractivity (Wildman–Crippen MR) is 113 cm³/mol. The van der Waals surface area contributed by atoms with E-state index >= 15 is 0 Å². The molecule has 4 nitrogen and oxygen atoms in total. The van der Waals surface area contributed by atoms with Gasteiger partial charge in [0.05, 0.1) is 12.7 Å². The van der Waals surface area contributed by atoms with Gasteiger partial charge in [-0.1, -0.05) is 62.9 Å². The number of esters is 1. The van der Waals surface area contributed by atoms with Crippen LogP contribution in [0.2, 0.25) is 18.1 Å². The quantitative estimate of drug-likeness (QED) is 0.157. The van der Waals surface area contributed by atoms with Gasteiger partial charge >= 0.3 is 5.97 Å². The molecule has 0 radical (unpaired) electrons. The van der Waals surface area contributed by atoms with Crippen molar-refractivity contribution in [3.63, 3.8) is 0 Å². The Morgan fingerprint density at radius 1 is 1.11 bits per heavy atom. The van der Waals surface area contributed by atoms with E-state index < -0.39 is 14.3 Å². The van der Waals surface area contributed by atoms with Crippen LogP contribution in [0.5, 0.6) is 0 Å². The molecule has 27 heavy (non-hydrogen) atoms. The number of benzene rings is 1. The zero-order valence-corrected chi connectivity index (χ0v) is 18.4. The van der Waals surface area contributed by atoms with Crippen LogP contribution in [-0.2, 0) is 18.7 Å². The maximum Gasteiger partial charge on any atom is 0.334 e. The van der Waals surface area contributed by atoms with Gasteiger partial charge in [-0.15, -0.1) is 0 Å². The molecule has 0 saturated heterocycles. The Morgan fingerprint density at radius 2 is 1.78 bits per heavy atom. The first kappa shape index (κ1) is 23.0. The lowest BCUT2D eigenvalue weighted by molar-refractivity contribution is -0.137. The Bertz CT molecular complexity index is 676. The molecule has 0 aromatic heterocycles. The maximum absolute atomic E-state index is 11.7. The molecule has 1 aromatic rings. The summed E-state index contributed by atoms with van der Waals surface area (Å²) in [5.41, 5.74) is 0.814. The first-order chi connectivity index (χ1) is 12.7. The summed E-state index contributed by atoms with van der Waals surface area (Å²) in [6.07, 6.45) is 2.03. The van der Waals surface area contributed by atoms with Crippen molar-refractivity contribution < 1.29 is 18.7 Å². The lowest BCUT2D eigenvalue weighted by Gasteiger charge is -2.35. The van der Waals surface area contributed by atoms with Crippen LogP contribution >= 0.6 is 0 Å². The van der Waals surface area contributed by atoms with Gasteiger partial charge in [0.2, 0.25) is 0 Å². The predicted octanol–water partition coefficient (Wildman–Crippen LogP) is 5.02. The maximum atomic E-state index is 11.7. The van der Waals surface area contributed by atoms with Gasteiger partial charge in [0, 0.05) is 18.6 Å². The molecule has 0 spiro atoms. The van der Waals surface area contributed by atoms with Crippen LogP contribution < -0.4 is 0 Å². The molecule has 1 aromatic carbocycles. The molecule has 0 heterocycles. The van der Waals surface area contributed by atoms with Crippen LogP contribution in [-0.4, -0.2) is 34.1 Å². The fourth-order valence-electron chi connectivity index (χ4n) is 1.93. The van der Waals surface area contributed by atoms with Crippen LogP contribution in [0.3, 0.4) is 0 Å². The lowest BCUT2D eigenvalue weighted by atomic mass is 10.2. The third-order valence-corrected chi connectivity index (χ3v) is 9.05. The van der Waals surface area contributed by atoms with Gasteiger partial charge in [-0.3, -0.25) is 0 Å². The van der Waals surface area contributed by atoms with Crippen molar-refractivity contribution in [1.82, 2.24) is 0 Å². The van der Waals surface area contributed by atoms with E-state index in [1.54, 1.807) is 6.92 Å². The summed E-state index contributed by atoms with van der Waals surface area (Å²) in [7, 11) is -1.72. The molecule has 0 unspecified atom stereocenters. The van der Waals surface area contributed by atoms with Gasteiger partial charge in [0.25, 0.3) is 0 Å². The molecular formula is C22H32O4Si. The minimum absolute atomic E-state index is 0.200. The van der Waals surface area contributed by atoms with Crippen LogP contribution in [0.15, 0.2) is 36.4 Å². The van der Waals surface area contributed by atoms with Crippen molar-refractivity contribution in [3.8, 4) is 11.8 Å². The van der Waals surface area contributed by atoms with E-state index in [1.165, 1.54) is 6.08 Å². The fourth-order valence-corrected chi connectivity index (χ4v) is 2.97. The first-order valence-electron chi connectivity index (χ1n) is 9.33. The number of carbonyl (C=O) groups excluding carboxylic acids is 1. The fraction of sp³-hybridized carbons (Fsp3) is 0.500. The van der Waals surface area contributed by atoms with Gasteiger partial charge in [-0.2, -0.15) is 0 Å². The van der Waals surface area contributed by atoms with E-state index in [-0.39, 0.29) is 11.6 Å². The van der Waals surface area contributed by atoms with E-state index in [1.807, 2.05) is 30.3 Å². The zero-order valence-electron chi connectivity index (χ0n) is 17.4. The van der Waals surface area contributed by atoms with Gasteiger partial charge in [0.15, 0.2) is 8.32 Å². The molecule has 0 bridgehead atoms. The molecule has 148 valence electrons. The third kappa shape index (κ3) is 8.46. The van der Waals surface area contributed by atoms with E-state index in [4.69, 9.17) is 13.9 Å². The molecule has 0 aliphatic rings.